The van der Waals surface area contributed by atoms with Crippen molar-refractivity contribution in [3.8, 4) is 5.69 Å². The number of hydrogen-bond donors (Lipinski definition) is 0. The van der Waals surface area contributed by atoms with Crippen LogP contribution in [0.2, 0.25) is 0 Å². The molecule has 3 heterocycles. The van der Waals surface area contributed by atoms with E-state index in [2.05, 4.69) is 20.2 Å². The molecule has 26 heavy (non-hydrogen) atoms. The van der Waals surface area contributed by atoms with Crippen molar-refractivity contribution in [2.75, 3.05) is 13.1 Å². The molecule has 6 nitrogen and oxygen atoms in total. The quantitative estimate of drug-likeness (QED) is 0.664. The van der Waals surface area contributed by atoms with E-state index in [1.807, 2.05) is 48.7 Å². The molecule has 1 aromatic carbocycles. The number of rotatable bonds is 5. The van der Waals surface area contributed by atoms with Gasteiger partial charge < -0.3 is 0 Å². The van der Waals surface area contributed by atoms with Crippen LogP contribution in [-0.4, -0.2) is 43.8 Å². The van der Waals surface area contributed by atoms with Crippen molar-refractivity contribution in [3.05, 3.63) is 72.3 Å². The second kappa shape index (κ2) is 7.58. The first-order valence-electron chi connectivity index (χ1n) is 8.94. The van der Waals surface area contributed by atoms with Crippen molar-refractivity contribution >= 4 is 5.78 Å². The Hall–Kier alpha value is -2.86. The van der Waals surface area contributed by atoms with Gasteiger partial charge >= 0.3 is 0 Å². The number of carbonyl (C=O) groups excluding carboxylic acids is 1. The summed E-state index contributed by atoms with van der Waals surface area (Å²) in [5.74, 6) is 0.144. The predicted molar refractivity (Wildman–Crippen MR) is 97.9 cm³/mol. The number of piperidine rings is 1. The molecular weight excluding hydrogens is 326 g/mol. The maximum Gasteiger partial charge on any atom is 0.185 e. The molecule has 1 aliphatic rings. The SMILES string of the molecule is O=C(c1ccccn1)[C@H]1CCCN(Cc2cn(-c3ccccc3)nn2)C1. The molecular formula is C20H21N5O. The number of Topliss-reactive ketones (excluding diaryl/α,β-unsaturated/α-hetero) is 1. The molecule has 0 unspecified atom stereocenters. The predicted octanol–water partition coefficient (Wildman–Crippen LogP) is 2.76. The Bertz CT molecular complexity index is 862. The number of ketones is 1. The van der Waals surface area contributed by atoms with Crippen LogP contribution in [0, 0.1) is 5.92 Å². The number of para-hydroxylation sites is 1. The van der Waals surface area contributed by atoms with E-state index in [4.69, 9.17) is 0 Å². The highest BCUT2D eigenvalue weighted by atomic mass is 16.1. The Balaban J connectivity index is 1.41. The summed E-state index contributed by atoms with van der Waals surface area (Å²) in [4.78, 5) is 19.2. The smallest absolute Gasteiger partial charge is 0.185 e. The summed E-state index contributed by atoms with van der Waals surface area (Å²) in [5, 5.41) is 8.51. The lowest BCUT2D eigenvalue weighted by molar-refractivity contribution is 0.0805. The molecule has 0 amide bonds. The maximum atomic E-state index is 12.7. The van der Waals surface area contributed by atoms with Crippen molar-refractivity contribution in [2.45, 2.75) is 19.4 Å². The minimum Gasteiger partial charge on any atom is -0.297 e. The molecule has 0 spiro atoms. The zero-order valence-corrected chi connectivity index (χ0v) is 14.5. The highest BCUT2D eigenvalue weighted by molar-refractivity contribution is 5.96. The Morgan fingerprint density at radius 2 is 1.96 bits per heavy atom. The fourth-order valence-electron chi connectivity index (χ4n) is 3.44. The third-order valence-electron chi connectivity index (χ3n) is 4.74. The van der Waals surface area contributed by atoms with Crippen molar-refractivity contribution in [3.63, 3.8) is 0 Å². The van der Waals surface area contributed by atoms with Gasteiger partial charge in [-0.3, -0.25) is 14.7 Å². The van der Waals surface area contributed by atoms with Crippen molar-refractivity contribution in [1.82, 2.24) is 24.9 Å². The molecule has 6 heteroatoms. The number of hydrogen-bond acceptors (Lipinski definition) is 5. The average Bonchev–Trinajstić information content (AvgIpc) is 3.17. The zero-order chi connectivity index (χ0) is 17.8. The number of likely N-dealkylation sites (tertiary alicyclic amines) is 1. The van der Waals surface area contributed by atoms with Crippen molar-refractivity contribution < 1.29 is 4.79 Å². The molecule has 0 bridgehead atoms. The van der Waals surface area contributed by atoms with E-state index in [0.717, 1.165) is 37.3 Å². The highest BCUT2D eigenvalue weighted by Crippen LogP contribution is 2.21. The zero-order valence-electron chi connectivity index (χ0n) is 14.5. The molecule has 1 aliphatic heterocycles. The molecule has 2 aromatic heterocycles. The first-order valence-corrected chi connectivity index (χ1v) is 8.94. The largest absolute Gasteiger partial charge is 0.297 e. The fourth-order valence-corrected chi connectivity index (χ4v) is 3.44. The molecule has 0 aliphatic carbocycles. The summed E-state index contributed by atoms with van der Waals surface area (Å²) in [6, 6.07) is 15.4. The number of nitrogens with zero attached hydrogens (tertiary/aromatic N) is 5. The van der Waals surface area contributed by atoms with Crippen LogP contribution in [0.25, 0.3) is 5.69 Å². The molecule has 0 radical (unpaired) electrons. The summed E-state index contributed by atoms with van der Waals surface area (Å²) in [5.41, 5.74) is 2.47. The molecule has 1 fully saturated rings. The van der Waals surface area contributed by atoms with Crippen LogP contribution in [0.3, 0.4) is 0 Å². The molecule has 4 rings (SSSR count). The molecule has 1 atom stereocenters. The fraction of sp³-hybridized carbons (Fsp3) is 0.300. The van der Waals surface area contributed by atoms with Crippen LogP contribution < -0.4 is 0 Å². The lowest BCUT2D eigenvalue weighted by Crippen LogP contribution is -2.38. The first kappa shape index (κ1) is 16.6. The Morgan fingerprint density at radius 1 is 1.12 bits per heavy atom. The molecule has 132 valence electrons. The van der Waals surface area contributed by atoms with Crippen LogP contribution >= 0.6 is 0 Å². The summed E-state index contributed by atoms with van der Waals surface area (Å²) >= 11 is 0. The Kier molecular flexibility index (Phi) is 4.84. The van der Waals surface area contributed by atoms with Gasteiger partial charge in [0, 0.05) is 25.2 Å². The third kappa shape index (κ3) is 3.70. The highest BCUT2D eigenvalue weighted by Gasteiger charge is 2.27. The number of benzene rings is 1. The standard InChI is InChI=1S/C20H21N5O/c26-20(19-10-4-5-11-21-19)16-7-6-12-24(13-16)14-17-15-25(23-22-17)18-8-2-1-3-9-18/h1-5,8-11,15-16H,6-7,12-14H2/t16-/m0/s1. The summed E-state index contributed by atoms with van der Waals surface area (Å²) < 4.78 is 1.79. The van der Waals surface area contributed by atoms with Crippen molar-refractivity contribution in [2.24, 2.45) is 5.92 Å². The number of pyridine rings is 1. The molecule has 1 saturated heterocycles. The van der Waals surface area contributed by atoms with E-state index in [1.165, 1.54) is 0 Å². The van der Waals surface area contributed by atoms with E-state index in [1.54, 1.807) is 16.9 Å². The maximum absolute atomic E-state index is 12.7. The van der Waals surface area contributed by atoms with Crippen LogP contribution in [-0.2, 0) is 6.54 Å². The summed E-state index contributed by atoms with van der Waals surface area (Å²) in [7, 11) is 0. The van der Waals surface area contributed by atoms with Gasteiger partial charge in [-0.05, 0) is 43.7 Å². The molecule has 0 saturated carbocycles. The van der Waals surface area contributed by atoms with E-state index < -0.39 is 0 Å². The van der Waals surface area contributed by atoms with Gasteiger partial charge in [0.2, 0.25) is 0 Å². The molecule has 3 aromatic rings. The van der Waals surface area contributed by atoms with Gasteiger partial charge in [-0.1, -0.05) is 29.5 Å². The lowest BCUT2D eigenvalue weighted by Gasteiger charge is -2.31. The van der Waals surface area contributed by atoms with E-state index in [-0.39, 0.29) is 11.7 Å². The van der Waals surface area contributed by atoms with Gasteiger partial charge in [0.05, 0.1) is 17.6 Å². The van der Waals surface area contributed by atoms with Gasteiger partial charge in [0.15, 0.2) is 5.78 Å². The number of carbonyl (C=O) groups is 1. The van der Waals surface area contributed by atoms with Gasteiger partial charge in [0.1, 0.15) is 5.69 Å². The number of aromatic nitrogens is 4. The minimum absolute atomic E-state index is 0.00261. The van der Waals surface area contributed by atoms with Gasteiger partial charge in [-0.2, -0.15) is 0 Å². The van der Waals surface area contributed by atoms with Crippen LogP contribution in [0.15, 0.2) is 60.9 Å². The van der Waals surface area contributed by atoms with Gasteiger partial charge in [0.25, 0.3) is 0 Å². The third-order valence-corrected chi connectivity index (χ3v) is 4.74. The Morgan fingerprint density at radius 3 is 2.77 bits per heavy atom. The van der Waals surface area contributed by atoms with Crippen molar-refractivity contribution in [1.29, 1.82) is 0 Å². The lowest BCUT2D eigenvalue weighted by atomic mass is 9.92. The van der Waals surface area contributed by atoms with Crippen LogP contribution in [0.1, 0.15) is 29.0 Å². The topological polar surface area (TPSA) is 63.9 Å². The summed E-state index contributed by atoms with van der Waals surface area (Å²) in [6.07, 6.45) is 5.56. The summed E-state index contributed by atoms with van der Waals surface area (Å²) in [6.45, 7) is 2.43. The average molecular weight is 347 g/mol. The van der Waals surface area contributed by atoms with E-state index in [9.17, 15) is 4.79 Å². The monoisotopic (exact) mass is 347 g/mol. The second-order valence-electron chi connectivity index (χ2n) is 6.64. The van der Waals surface area contributed by atoms with E-state index >= 15 is 0 Å². The van der Waals surface area contributed by atoms with E-state index in [0.29, 0.717) is 12.2 Å². The normalized spacial score (nSPS) is 17.9. The minimum atomic E-state index is 0.00261. The van der Waals surface area contributed by atoms with Gasteiger partial charge in [-0.25, -0.2) is 4.68 Å². The first-order chi connectivity index (χ1) is 12.8. The van der Waals surface area contributed by atoms with Gasteiger partial charge in [-0.15, -0.1) is 5.10 Å². The second-order valence-corrected chi connectivity index (χ2v) is 6.64. The Labute approximate surface area is 152 Å². The molecule has 0 N–H and O–H groups in total. The van der Waals surface area contributed by atoms with Crippen LogP contribution in [0.4, 0.5) is 0 Å². The van der Waals surface area contributed by atoms with Crippen LogP contribution in [0.5, 0.6) is 0 Å².